The van der Waals surface area contributed by atoms with E-state index in [-0.39, 0.29) is 36.4 Å². The predicted molar refractivity (Wildman–Crippen MR) is 160 cm³/mol. The number of carbonyl (C=O) groups excluding carboxylic acids is 1. The summed E-state index contributed by atoms with van der Waals surface area (Å²) in [7, 11) is 0. The molecule has 0 bridgehead atoms. The number of fused-ring (bicyclic) bond motifs is 1. The van der Waals surface area contributed by atoms with Gasteiger partial charge in [-0.25, -0.2) is 0 Å². The van der Waals surface area contributed by atoms with E-state index in [9.17, 15) is 30.3 Å². The molecule has 0 aromatic rings. The number of nitrogens with two attached hydrogens (primary N) is 2. The molecule has 0 spiro atoms. The third-order valence-electron chi connectivity index (χ3n) is 11.2. The number of unbranched alkanes of at least 4 members (excludes halogenated alkanes) is 4. The lowest BCUT2D eigenvalue weighted by molar-refractivity contribution is -0.699. The molecule has 240 valence electrons. The fourth-order valence-corrected chi connectivity index (χ4v) is 8.63. The molecule has 1 heterocycles. The smallest absolute Gasteiger partial charge is 0.137 e. The first-order valence-electron chi connectivity index (χ1n) is 17.0. The van der Waals surface area contributed by atoms with E-state index in [0.29, 0.717) is 31.1 Å². The standard InChI is InChI=1S/C34H58N2O6/c1-2-3-5-8-22-11-12-24(29(37)18-22)9-6-4-7-10-27(33(40)41)32(39)25-13-14-28-26(20-30(38)34(28,42)21-25)17-23-15-16-36-31(35)19-23/h11-14,22-32,36-39,42H,2-10,15-21,35H2,1H3,(H,40,41)/t22-,23?,24+,25-,26-,27-,28-,29+,30+,31?,32+,34-/m0/s1. The molecule has 0 radical (unpaired) electrons. The van der Waals surface area contributed by atoms with Gasteiger partial charge in [0.1, 0.15) is 6.17 Å². The van der Waals surface area contributed by atoms with Crippen molar-refractivity contribution in [3.63, 3.8) is 0 Å². The monoisotopic (exact) mass is 590 g/mol. The Labute approximate surface area is 252 Å². The lowest BCUT2D eigenvalue weighted by Gasteiger charge is -2.42. The van der Waals surface area contributed by atoms with Crippen LogP contribution >= 0.6 is 0 Å². The van der Waals surface area contributed by atoms with Crippen molar-refractivity contribution in [3.05, 3.63) is 24.3 Å². The van der Waals surface area contributed by atoms with Crippen LogP contribution < -0.4 is 16.2 Å². The van der Waals surface area contributed by atoms with Gasteiger partial charge in [-0.15, -0.1) is 0 Å². The van der Waals surface area contributed by atoms with E-state index in [2.05, 4.69) is 24.4 Å². The van der Waals surface area contributed by atoms with Crippen molar-refractivity contribution in [2.24, 2.45) is 47.2 Å². The van der Waals surface area contributed by atoms with Crippen LogP contribution in [0.2, 0.25) is 0 Å². The van der Waals surface area contributed by atoms with E-state index in [0.717, 1.165) is 57.9 Å². The Morgan fingerprint density at radius 3 is 2.55 bits per heavy atom. The number of carboxylic acid groups (broad SMARTS) is 1. The van der Waals surface area contributed by atoms with Crippen LogP contribution in [0, 0.1) is 41.4 Å². The van der Waals surface area contributed by atoms with E-state index in [1.165, 1.54) is 19.3 Å². The number of carbonyl (C=O) groups is 1. The second-order valence-corrected chi connectivity index (χ2v) is 14.3. The highest BCUT2D eigenvalue weighted by molar-refractivity contribution is 5.68. The molecule has 1 saturated carbocycles. The maximum Gasteiger partial charge on any atom is 0.137 e. The Morgan fingerprint density at radius 1 is 1.05 bits per heavy atom. The normalized spacial score (nSPS) is 39.6. The van der Waals surface area contributed by atoms with Gasteiger partial charge in [-0.05, 0) is 69.1 Å². The number of quaternary nitrogens is 1. The van der Waals surface area contributed by atoms with Crippen molar-refractivity contribution in [1.82, 2.24) is 0 Å². The molecule has 0 aromatic heterocycles. The summed E-state index contributed by atoms with van der Waals surface area (Å²) in [4.78, 5) is 12.1. The summed E-state index contributed by atoms with van der Waals surface area (Å²) in [6, 6.07) is 0. The molecular formula is C34H58N2O6. The Morgan fingerprint density at radius 2 is 1.83 bits per heavy atom. The number of rotatable bonds is 15. The maximum absolute atomic E-state index is 12.1. The number of hydrogen-bond acceptors (Lipinski definition) is 7. The van der Waals surface area contributed by atoms with Crippen molar-refractivity contribution < 1.29 is 35.6 Å². The van der Waals surface area contributed by atoms with E-state index < -0.39 is 35.6 Å². The van der Waals surface area contributed by atoms with Crippen molar-refractivity contribution in [1.29, 1.82) is 0 Å². The molecule has 2 fully saturated rings. The van der Waals surface area contributed by atoms with Crippen molar-refractivity contribution >= 4 is 5.97 Å². The van der Waals surface area contributed by atoms with Crippen molar-refractivity contribution in [3.8, 4) is 0 Å². The lowest BCUT2D eigenvalue weighted by atomic mass is 9.69. The Balaban J connectivity index is 1.24. The van der Waals surface area contributed by atoms with Gasteiger partial charge >= 0.3 is 0 Å². The van der Waals surface area contributed by atoms with Gasteiger partial charge in [0.05, 0.1) is 30.5 Å². The summed E-state index contributed by atoms with van der Waals surface area (Å²) in [6.45, 7) is 3.21. The average molecular weight is 591 g/mol. The molecule has 42 heavy (non-hydrogen) atoms. The molecule has 8 heteroatoms. The molecule has 12 atom stereocenters. The highest BCUT2D eigenvalue weighted by Crippen LogP contribution is 2.51. The van der Waals surface area contributed by atoms with E-state index >= 15 is 0 Å². The number of hydrogen-bond donors (Lipinski definition) is 6. The summed E-state index contributed by atoms with van der Waals surface area (Å²) in [5.74, 6) is -1.78. The minimum atomic E-state index is -1.35. The topological polar surface area (TPSA) is 164 Å². The quantitative estimate of drug-likeness (QED) is 0.125. The number of aliphatic hydroxyl groups is 4. The Kier molecular flexibility index (Phi) is 12.5. The molecule has 2 unspecified atom stereocenters. The SMILES string of the molecule is CCCCC[C@H]1C=C[C@@H](CCCCC[C@H](C(=O)[O-])[C@H](O)[C@H]2C=C[C@H]3[C@@H](CC4CC[NH2+]C(N)C4)C[C@@H](O)[C@]3(O)C2)[C@H](O)C1. The van der Waals surface area contributed by atoms with Gasteiger partial charge < -0.3 is 35.6 Å². The average Bonchev–Trinajstić information content (AvgIpc) is 3.19. The van der Waals surface area contributed by atoms with Gasteiger partial charge in [-0.2, -0.15) is 0 Å². The molecule has 0 aromatic carbocycles. The van der Waals surface area contributed by atoms with Crippen LogP contribution in [0.5, 0.6) is 0 Å². The van der Waals surface area contributed by atoms with Gasteiger partial charge in [-0.1, -0.05) is 69.8 Å². The summed E-state index contributed by atoms with van der Waals surface area (Å²) in [5, 5.41) is 58.5. The second-order valence-electron chi connectivity index (χ2n) is 14.3. The molecule has 0 amide bonds. The largest absolute Gasteiger partial charge is 0.550 e. The number of aliphatic hydroxyl groups excluding tert-OH is 3. The summed E-state index contributed by atoms with van der Waals surface area (Å²) >= 11 is 0. The second kappa shape index (κ2) is 15.6. The van der Waals surface area contributed by atoms with Crippen LogP contribution in [0.4, 0.5) is 0 Å². The molecular weight excluding hydrogens is 532 g/mol. The summed E-state index contributed by atoms with van der Waals surface area (Å²) < 4.78 is 0. The van der Waals surface area contributed by atoms with Gasteiger partial charge in [0, 0.05) is 36.1 Å². The number of piperidine rings is 1. The van der Waals surface area contributed by atoms with Gasteiger partial charge in [0.25, 0.3) is 0 Å². The van der Waals surface area contributed by atoms with Crippen molar-refractivity contribution in [2.75, 3.05) is 6.54 Å². The summed E-state index contributed by atoms with van der Waals surface area (Å²) in [6.07, 6.45) is 18.8. The van der Waals surface area contributed by atoms with Crippen molar-refractivity contribution in [2.45, 2.75) is 133 Å². The Hall–Kier alpha value is -1.29. The fraction of sp³-hybridized carbons (Fsp3) is 0.853. The number of aliphatic carboxylic acids is 1. The molecule has 1 aliphatic heterocycles. The summed E-state index contributed by atoms with van der Waals surface area (Å²) in [5.41, 5.74) is 4.79. The molecule has 8 nitrogen and oxygen atoms in total. The molecule has 8 N–H and O–H groups in total. The lowest BCUT2D eigenvalue weighted by Crippen LogP contribution is -2.94. The first-order chi connectivity index (χ1) is 20.1. The maximum atomic E-state index is 12.1. The van der Waals surface area contributed by atoms with Crippen LogP contribution in [-0.4, -0.2) is 63.0 Å². The minimum absolute atomic E-state index is 0.112. The first kappa shape index (κ1) is 33.6. The van der Waals surface area contributed by atoms with E-state index in [4.69, 9.17) is 5.73 Å². The first-order valence-corrected chi connectivity index (χ1v) is 17.0. The van der Waals surface area contributed by atoms with Gasteiger partial charge in [0.15, 0.2) is 0 Å². The molecule has 3 aliphatic carbocycles. The third kappa shape index (κ3) is 8.45. The Bertz CT molecular complexity index is 912. The zero-order valence-electron chi connectivity index (χ0n) is 25.7. The highest BCUT2D eigenvalue weighted by atomic mass is 16.4. The van der Waals surface area contributed by atoms with E-state index in [1.807, 2.05) is 12.2 Å². The number of carboxylic acids is 1. The van der Waals surface area contributed by atoms with Crippen LogP contribution in [-0.2, 0) is 4.79 Å². The zero-order chi connectivity index (χ0) is 30.3. The van der Waals surface area contributed by atoms with Gasteiger partial charge in [0.2, 0.25) is 0 Å². The minimum Gasteiger partial charge on any atom is -0.550 e. The van der Waals surface area contributed by atoms with Gasteiger partial charge in [-0.3, -0.25) is 5.73 Å². The van der Waals surface area contributed by atoms with Crippen LogP contribution in [0.3, 0.4) is 0 Å². The van der Waals surface area contributed by atoms with E-state index in [1.54, 1.807) is 0 Å². The van der Waals surface area contributed by atoms with Crippen LogP contribution in [0.15, 0.2) is 24.3 Å². The molecule has 4 aliphatic rings. The predicted octanol–water partition coefficient (Wildman–Crippen LogP) is 1.75. The van der Waals surface area contributed by atoms with Crippen LogP contribution in [0.1, 0.15) is 103 Å². The highest BCUT2D eigenvalue weighted by Gasteiger charge is 2.55. The molecule has 4 rings (SSSR count). The number of allylic oxidation sites excluding steroid dienone is 1. The zero-order valence-corrected chi connectivity index (χ0v) is 25.7. The van der Waals surface area contributed by atoms with Crippen LogP contribution in [0.25, 0.3) is 0 Å². The fourth-order valence-electron chi connectivity index (χ4n) is 8.63. The third-order valence-corrected chi connectivity index (χ3v) is 11.2. The molecule has 1 saturated heterocycles.